The number of benzene rings is 3. The van der Waals surface area contributed by atoms with Crippen LogP contribution in [0.2, 0.25) is 0 Å². The Morgan fingerprint density at radius 2 is 1.42 bits per heavy atom. The maximum absolute atomic E-state index is 13.9. The van der Waals surface area contributed by atoms with Crippen LogP contribution in [-0.4, -0.2) is 23.8 Å². The van der Waals surface area contributed by atoms with E-state index in [1.807, 2.05) is 0 Å². The van der Waals surface area contributed by atoms with Crippen molar-refractivity contribution in [3.8, 4) is 0 Å². The van der Waals surface area contributed by atoms with Gasteiger partial charge in [0.2, 0.25) is 11.7 Å². The number of nitrogens with zero attached hydrogens (tertiary/aromatic N) is 1. The third kappa shape index (κ3) is 5.02. The molecule has 33 heavy (non-hydrogen) atoms. The molecular weight excluding hydrogens is 443 g/mol. The van der Waals surface area contributed by atoms with Crippen LogP contribution in [0.1, 0.15) is 34.5 Å². The molecule has 9 heteroatoms. The van der Waals surface area contributed by atoms with Crippen LogP contribution in [-0.2, 0) is 11.2 Å². The first-order valence-electron chi connectivity index (χ1n) is 9.84. The molecule has 3 rings (SSSR count). The Balaban J connectivity index is 1.76. The molecule has 0 aliphatic heterocycles. The number of hydrogen-bond acceptors (Lipinski definition) is 2. The summed E-state index contributed by atoms with van der Waals surface area (Å²) in [5.74, 6) is -11.8. The van der Waals surface area contributed by atoms with Crippen molar-refractivity contribution in [2.24, 2.45) is 0 Å². The molecule has 0 aliphatic rings. The third-order valence-electron chi connectivity index (χ3n) is 5.27. The van der Waals surface area contributed by atoms with Gasteiger partial charge in [0, 0.05) is 23.9 Å². The van der Waals surface area contributed by atoms with Crippen molar-refractivity contribution in [3.05, 3.63) is 100 Å². The van der Waals surface area contributed by atoms with E-state index in [9.17, 15) is 31.5 Å². The number of hydrogen-bond donors (Lipinski definition) is 1. The molecule has 1 atom stereocenters. The van der Waals surface area contributed by atoms with Gasteiger partial charge in [-0.15, -0.1) is 0 Å². The lowest BCUT2D eigenvalue weighted by atomic mass is 10.0. The van der Waals surface area contributed by atoms with Crippen LogP contribution < -0.4 is 5.32 Å². The van der Waals surface area contributed by atoms with Crippen molar-refractivity contribution in [1.29, 1.82) is 0 Å². The number of halogens is 5. The summed E-state index contributed by atoms with van der Waals surface area (Å²) in [6, 6.07) is 14.5. The number of likely N-dealkylation sites (N-methyl/N-ethyl adjacent to an activating group) is 1. The standard InChI is InChI=1S/C24H19F5N2O2/c1-13(15-9-6-10-16(11-15)30-24(33)14-7-4-3-5-8-14)31(2)18(32)12-17-19(25)21(27)23(29)22(28)20(17)26/h3-11,13H,12H2,1-2H3,(H,30,33)/t13-/m1/s1. The molecule has 0 fully saturated rings. The van der Waals surface area contributed by atoms with Crippen LogP contribution in [0.5, 0.6) is 0 Å². The Labute approximate surface area is 186 Å². The number of nitrogens with one attached hydrogen (secondary N) is 1. The second-order valence-electron chi connectivity index (χ2n) is 7.35. The molecule has 2 amide bonds. The number of carbonyl (C=O) groups is 2. The van der Waals surface area contributed by atoms with Gasteiger partial charge in [-0.05, 0) is 36.8 Å². The smallest absolute Gasteiger partial charge is 0.255 e. The van der Waals surface area contributed by atoms with Gasteiger partial charge in [0.05, 0.1) is 12.5 Å². The molecule has 0 aromatic heterocycles. The van der Waals surface area contributed by atoms with Crippen LogP contribution in [0.4, 0.5) is 27.6 Å². The maximum atomic E-state index is 13.9. The van der Waals surface area contributed by atoms with E-state index in [1.165, 1.54) is 7.05 Å². The Morgan fingerprint density at radius 3 is 2.03 bits per heavy atom. The lowest BCUT2D eigenvalue weighted by Gasteiger charge is -2.26. The minimum Gasteiger partial charge on any atom is -0.339 e. The van der Waals surface area contributed by atoms with Gasteiger partial charge in [-0.2, -0.15) is 0 Å². The highest BCUT2D eigenvalue weighted by atomic mass is 19.2. The molecule has 3 aromatic carbocycles. The van der Waals surface area contributed by atoms with E-state index in [-0.39, 0.29) is 5.91 Å². The fraction of sp³-hybridized carbons (Fsp3) is 0.167. The minimum absolute atomic E-state index is 0.337. The van der Waals surface area contributed by atoms with E-state index in [0.29, 0.717) is 16.8 Å². The van der Waals surface area contributed by atoms with Gasteiger partial charge in [-0.3, -0.25) is 9.59 Å². The Bertz CT molecular complexity index is 1170. The van der Waals surface area contributed by atoms with Gasteiger partial charge in [0.15, 0.2) is 23.3 Å². The fourth-order valence-corrected chi connectivity index (χ4v) is 3.19. The average molecular weight is 462 g/mol. The summed E-state index contributed by atoms with van der Waals surface area (Å²) in [6.07, 6.45) is -1.02. The quantitative estimate of drug-likeness (QED) is 0.303. The molecule has 172 valence electrons. The lowest BCUT2D eigenvalue weighted by Crippen LogP contribution is -2.31. The van der Waals surface area contributed by atoms with Crippen LogP contribution >= 0.6 is 0 Å². The van der Waals surface area contributed by atoms with Crippen LogP contribution in [0.15, 0.2) is 54.6 Å². The van der Waals surface area contributed by atoms with Gasteiger partial charge >= 0.3 is 0 Å². The summed E-state index contributed by atoms with van der Waals surface area (Å²) < 4.78 is 67.9. The fourth-order valence-electron chi connectivity index (χ4n) is 3.19. The van der Waals surface area contributed by atoms with Crippen molar-refractivity contribution in [2.75, 3.05) is 12.4 Å². The lowest BCUT2D eigenvalue weighted by molar-refractivity contribution is -0.131. The zero-order valence-electron chi connectivity index (χ0n) is 17.6. The van der Waals surface area contributed by atoms with Gasteiger partial charge < -0.3 is 10.2 Å². The Morgan fingerprint density at radius 1 is 0.848 bits per heavy atom. The number of rotatable bonds is 6. The van der Waals surface area contributed by atoms with Crippen molar-refractivity contribution in [1.82, 2.24) is 4.90 Å². The predicted octanol–water partition coefficient (Wildman–Crippen LogP) is 5.40. The first-order chi connectivity index (χ1) is 15.6. The van der Waals surface area contributed by atoms with E-state index in [2.05, 4.69) is 5.32 Å². The zero-order chi connectivity index (χ0) is 24.3. The average Bonchev–Trinajstić information content (AvgIpc) is 2.83. The summed E-state index contributed by atoms with van der Waals surface area (Å²) in [7, 11) is 1.34. The Hall–Kier alpha value is -3.75. The largest absolute Gasteiger partial charge is 0.339 e. The van der Waals surface area contributed by atoms with E-state index in [4.69, 9.17) is 0 Å². The van der Waals surface area contributed by atoms with Crippen molar-refractivity contribution in [2.45, 2.75) is 19.4 Å². The second kappa shape index (κ2) is 9.81. The summed E-state index contributed by atoms with van der Waals surface area (Å²) in [6.45, 7) is 1.62. The highest BCUT2D eigenvalue weighted by molar-refractivity contribution is 6.04. The van der Waals surface area contributed by atoms with E-state index in [0.717, 1.165) is 4.90 Å². The molecule has 4 nitrogen and oxygen atoms in total. The highest BCUT2D eigenvalue weighted by Crippen LogP contribution is 2.26. The van der Waals surface area contributed by atoms with Crippen molar-refractivity contribution >= 4 is 17.5 Å². The Kier molecular flexibility index (Phi) is 7.10. The molecule has 0 saturated heterocycles. The molecule has 0 aliphatic carbocycles. The SMILES string of the molecule is C[C@H](c1cccc(NC(=O)c2ccccc2)c1)N(C)C(=O)Cc1c(F)c(F)c(F)c(F)c1F. The minimum atomic E-state index is -2.28. The van der Waals surface area contributed by atoms with E-state index in [1.54, 1.807) is 61.5 Å². The van der Waals surface area contributed by atoms with Crippen LogP contribution in [0, 0.1) is 29.1 Å². The summed E-state index contributed by atoms with van der Waals surface area (Å²) in [5.41, 5.74) is 0.285. The van der Waals surface area contributed by atoms with Crippen LogP contribution in [0.3, 0.4) is 0 Å². The van der Waals surface area contributed by atoms with Gasteiger partial charge in [0.25, 0.3) is 5.91 Å². The number of amides is 2. The molecule has 1 N–H and O–H groups in total. The molecule has 0 heterocycles. The van der Waals surface area contributed by atoms with Crippen molar-refractivity contribution < 1.29 is 31.5 Å². The molecule has 0 radical (unpaired) electrons. The second-order valence-corrected chi connectivity index (χ2v) is 7.35. The van der Waals surface area contributed by atoms with E-state index >= 15 is 0 Å². The maximum Gasteiger partial charge on any atom is 0.255 e. The van der Waals surface area contributed by atoms with Gasteiger partial charge in [-0.25, -0.2) is 22.0 Å². The first kappa shape index (κ1) is 23.9. The number of anilines is 1. The molecular formula is C24H19F5N2O2. The summed E-state index contributed by atoms with van der Waals surface area (Å²) in [5, 5.41) is 2.73. The third-order valence-corrected chi connectivity index (χ3v) is 5.27. The van der Waals surface area contributed by atoms with Crippen molar-refractivity contribution in [3.63, 3.8) is 0 Å². The molecule has 0 spiro atoms. The van der Waals surface area contributed by atoms with Gasteiger partial charge in [-0.1, -0.05) is 30.3 Å². The predicted molar refractivity (Wildman–Crippen MR) is 112 cm³/mol. The number of carbonyl (C=O) groups excluding carboxylic acids is 2. The molecule has 0 bridgehead atoms. The summed E-state index contributed by atoms with van der Waals surface area (Å²) in [4.78, 5) is 26.0. The zero-order valence-corrected chi connectivity index (χ0v) is 17.6. The summed E-state index contributed by atoms with van der Waals surface area (Å²) >= 11 is 0. The first-order valence-corrected chi connectivity index (χ1v) is 9.84. The van der Waals surface area contributed by atoms with Gasteiger partial charge in [0.1, 0.15) is 0 Å². The normalized spacial score (nSPS) is 11.7. The molecule has 3 aromatic rings. The monoisotopic (exact) mass is 462 g/mol. The molecule has 0 unspecified atom stereocenters. The molecule has 0 saturated carbocycles. The highest BCUT2D eigenvalue weighted by Gasteiger charge is 2.28. The van der Waals surface area contributed by atoms with E-state index < -0.39 is 53.0 Å². The topological polar surface area (TPSA) is 49.4 Å². The van der Waals surface area contributed by atoms with Crippen LogP contribution in [0.25, 0.3) is 0 Å².